The normalized spacial score (nSPS) is 28.5. The summed E-state index contributed by atoms with van der Waals surface area (Å²) in [5, 5.41) is 9.35. The highest BCUT2D eigenvalue weighted by molar-refractivity contribution is 6.35. The average molecular weight is 254 g/mol. The van der Waals surface area contributed by atoms with Crippen molar-refractivity contribution in [2.24, 2.45) is 11.8 Å². The number of benzene rings is 1. The summed E-state index contributed by atoms with van der Waals surface area (Å²) in [5.41, 5.74) is 6.65. The second kappa shape index (κ2) is 3.29. The van der Waals surface area contributed by atoms with Gasteiger partial charge in [0.2, 0.25) is 0 Å². The molecule has 2 aliphatic carbocycles. The van der Waals surface area contributed by atoms with E-state index >= 15 is 0 Å². The molecule has 0 bridgehead atoms. The lowest BCUT2D eigenvalue weighted by atomic mass is 9.98. The highest BCUT2D eigenvalue weighted by Gasteiger charge is 2.65. The number of halogens is 1. The Morgan fingerprint density at radius 3 is 2.65 bits per heavy atom. The van der Waals surface area contributed by atoms with Gasteiger partial charge in [-0.05, 0) is 24.2 Å². The number of fused-ring (bicyclic) bond motifs is 1. The van der Waals surface area contributed by atoms with Gasteiger partial charge < -0.3 is 15.6 Å². The second-order valence-electron chi connectivity index (χ2n) is 4.67. The number of carbonyl (C=O) groups is 1. The molecule has 3 N–H and O–H groups in total. The number of hydrogen-bond donors (Lipinski definition) is 2. The fourth-order valence-corrected chi connectivity index (χ4v) is 2.97. The van der Waals surface area contributed by atoms with Gasteiger partial charge in [0, 0.05) is 11.6 Å². The number of nitrogen functional groups attached to an aromatic ring is 1. The molecule has 2 atom stereocenters. The van der Waals surface area contributed by atoms with Crippen LogP contribution in [0.1, 0.15) is 28.3 Å². The van der Waals surface area contributed by atoms with Gasteiger partial charge in [-0.25, -0.2) is 4.79 Å². The Labute approximate surface area is 103 Å². The van der Waals surface area contributed by atoms with E-state index in [4.69, 9.17) is 27.2 Å². The lowest BCUT2D eigenvalue weighted by Gasteiger charge is -2.16. The minimum Gasteiger partial charge on any atom is -0.496 e. The van der Waals surface area contributed by atoms with Gasteiger partial charge in [-0.15, -0.1) is 0 Å². The van der Waals surface area contributed by atoms with Crippen molar-refractivity contribution in [1.82, 2.24) is 0 Å². The molecule has 2 unspecified atom stereocenters. The van der Waals surface area contributed by atoms with E-state index in [0.29, 0.717) is 23.5 Å². The number of nitrogens with two attached hydrogens (primary N) is 1. The Morgan fingerprint density at radius 2 is 2.24 bits per heavy atom. The highest BCUT2D eigenvalue weighted by atomic mass is 35.5. The number of carboxylic acids is 1. The van der Waals surface area contributed by atoms with E-state index in [9.17, 15) is 4.79 Å². The molecule has 2 saturated carbocycles. The minimum absolute atomic E-state index is 0.00577. The molecule has 0 spiro atoms. The maximum Gasteiger partial charge on any atom is 0.339 e. The van der Waals surface area contributed by atoms with Crippen LogP contribution in [0.15, 0.2) is 6.07 Å². The predicted molar refractivity (Wildman–Crippen MR) is 63.7 cm³/mol. The first kappa shape index (κ1) is 10.7. The summed E-state index contributed by atoms with van der Waals surface area (Å²) in [6, 6.07) is 1.56. The molecule has 0 heterocycles. The summed E-state index contributed by atoms with van der Waals surface area (Å²) in [7, 11) is 1.54. The number of rotatable bonds is 3. The van der Waals surface area contributed by atoms with Crippen LogP contribution in [-0.2, 0) is 0 Å². The van der Waals surface area contributed by atoms with Crippen molar-refractivity contribution < 1.29 is 14.6 Å². The van der Waals surface area contributed by atoms with E-state index in [1.165, 1.54) is 6.42 Å². The monoisotopic (exact) mass is 253 g/mol. The molecule has 17 heavy (non-hydrogen) atoms. The van der Waals surface area contributed by atoms with Gasteiger partial charge >= 0.3 is 5.97 Å². The summed E-state index contributed by atoms with van der Waals surface area (Å²) >= 11 is 6.17. The van der Waals surface area contributed by atoms with Crippen LogP contribution in [0.2, 0.25) is 5.02 Å². The molecule has 90 valence electrons. The molecule has 1 aromatic carbocycles. The van der Waals surface area contributed by atoms with Crippen LogP contribution in [0.25, 0.3) is 0 Å². The molecule has 0 radical (unpaired) electrons. The molecule has 0 saturated heterocycles. The van der Waals surface area contributed by atoms with Crippen LogP contribution in [0.4, 0.5) is 5.69 Å². The maximum absolute atomic E-state index is 11.1. The summed E-state index contributed by atoms with van der Waals surface area (Å²) in [5.74, 6) is 1.23. The molecule has 0 amide bonds. The van der Waals surface area contributed by atoms with Crippen molar-refractivity contribution in [1.29, 1.82) is 0 Å². The third kappa shape index (κ3) is 1.40. The molecule has 3 rings (SSSR count). The predicted octanol–water partition coefficient (Wildman–Crippen LogP) is 2.36. The number of methoxy groups -OCH3 is 1. The number of carboxylic acid groups (broad SMARTS) is 1. The van der Waals surface area contributed by atoms with Crippen molar-refractivity contribution >= 4 is 23.3 Å². The molecule has 4 nitrogen and oxygen atoms in total. The molecule has 0 aliphatic heterocycles. The van der Waals surface area contributed by atoms with Crippen LogP contribution in [0.5, 0.6) is 5.75 Å². The number of ether oxygens (including phenoxy) is 1. The third-order valence-electron chi connectivity index (χ3n) is 3.74. The molecule has 0 aromatic heterocycles. The molecule has 5 heteroatoms. The van der Waals surface area contributed by atoms with E-state index in [1.54, 1.807) is 13.2 Å². The summed E-state index contributed by atoms with van der Waals surface area (Å²) in [6.45, 7) is 0. The van der Waals surface area contributed by atoms with Crippen molar-refractivity contribution in [2.75, 3.05) is 12.8 Å². The van der Waals surface area contributed by atoms with Crippen molar-refractivity contribution in [2.45, 2.75) is 12.3 Å². The van der Waals surface area contributed by atoms with Crippen LogP contribution in [0.3, 0.4) is 0 Å². The molecule has 1 aromatic rings. The first-order valence-corrected chi connectivity index (χ1v) is 5.83. The van der Waals surface area contributed by atoms with Gasteiger partial charge in [-0.1, -0.05) is 11.6 Å². The lowest BCUT2D eigenvalue weighted by molar-refractivity contribution is 0.0698. The fraction of sp³-hybridized carbons (Fsp3) is 0.417. The standard InChI is InChI=1S/C12H12ClNO3/c1-17-7-3-6(14)9(12(15)16)11(13)10(7)8-4-2-5(4)8/h3-5,8H,2,14H2,1H3,(H,15,16). The molecule has 2 fully saturated rings. The quantitative estimate of drug-likeness (QED) is 0.811. The zero-order valence-corrected chi connectivity index (χ0v) is 9.99. The van der Waals surface area contributed by atoms with Gasteiger partial charge in [0.25, 0.3) is 0 Å². The number of anilines is 1. The Balaban J connectivity index is 2.16. The Kier molecular flexibility index (Phi) is 2.08. The number of hydrogen-bond acceptors (Lipinski definition) is 3. The Morgan fingerprint density at radius 1 is 1.59 bits per heavy atom. The third-order valence-corrected chi connectivity index (χ3v) is 4.13. The van der Waals surface area contributed by atoms with E-state index in [1.807, 2.05) is 0 Å². The van der Waals surface area contributed by atoms with Gasteiger partial charge in [0.1, 0.15) is 11.3 Å². The summed E-state index contributed by atoms with van der Waals surface area (Å²) < 4.78 is 5.25. The zero-order chi connectivity index (χ0) is 12.3. The lowest BCUT2D eigenvalue weighted by Crippen LogP contribution is -2.08. The van der Waals surface area contributed by atoms with Crippen molar-refractivity contribution in [3.05, 3.63) is 22.2 Å². The van der Waals surface area contributed by atoms with E-state index < -0.39 is 5.97 Å². The van der Waals surface area contributed by atoms with Crippen LogP contribution in [-0.4, -0.2) is 18.2 Å². The second-order valence-corrected chi connectivity index (χ2v) is 5.04. The number of aromatic carboxylic acids is 1. The topological polar surface area (TPSA) is 72.5 Å². The molecule has 2 aliphatic rings. The minimum atomic E-state index is -1.09. The summed E-state index contributed by atoms with van der Waals surface area (Å²) in [4.78, 5) is 11.1. The highest BCUT2D eigenvalue weighted by Crippen LogP contribution is 2.75. The first-order chi connectivity index (χ1) is 8.06. The summed E-state index contributed by atoms with van der Waals surface area (Å²) in [6.07, 6.45) is 1.22. The fourth-order valence-electron chi connectivity index (χ4n) is 2.56. The first-order valence-electron chi connectivity index (χ1n) is 5.45. The van der Waals surface area contributed by atoms with E-state index in [2.05, 4.69) is 0 Å². The van der Waals surface area contributed by atoms with Crippen LogP contribution < -0.4 is 10.5 Å². The SMILES string of the molecule is COc1cc(N)c(C(=O)O)c(Cl)c1C1C2CC21. The van der Waals surface area contributed by atoms with Gasteiger partial charge in [0.05, 0.1) is 17.8 Å². The van der Waals surface area contributed by atoms with Crippen molar-refractivity contribution in [3.63, 3.8) is 0 Å². The van der Waals surface area contributed by atoms with E-state index in [-0.39, 0.29) is 16.3 Å². The maximum atomic E-state index is 11.1. The van der Waals surface area contributed by atoms with Crippen LogP contribution in [0, 0.1) is 11.8 Å². The molecular weight excluding hydrogens is 242 g/mol. The van der Waals surface area contributed by atoms with Gasteiger partial charge in [-0.2, -0.15) is 0 Å². The Bertz CT molecular complexity index is 521. The Hall–Kier alpha value is -1.42. The van der Waals surface area contributed by atoms with Gasteiger partial charge in [-0.3, -0.25) is 0 Å². The average Bonchev–Trinajstić information content (AvgIpc) is 3.10. The zero-order valence-electron chi connectivity index (χ0n) is 9.24. The largest absolute Gasteiger partial charge is 0.496 e. The van der Waals surface area contributed by atoms with E-state index in [0.717, 1.165) is 5.56 Å². The van der Waals surface area contributed by atoms with Crippen molar-refractivity contribution in [3.8, 4) is 5.75 Å². The van der Waals surface area contributed by atoms with Gasteiger partial charge in [0.15, 0.2) is 0 Å². The smallest absolute Gasteiger partial charge is 0.339 e. The van der Waals surface area contributed by atoms with Crippen LogP contribution >= 0.6 is 11.6 Å². The molecular formula is C12H12ClNO3.